The molecule has 1 aromatic heterocycles. The number of nitrogens with one attached hydrogen (secondary N) is 2. The minimum Gasteiger partial charge on any atom is -0.380 e. The maximum absolute atomic E-state index is 11.2. The van der Waals surface area contributed by atoms with Gasteiger partial charge in [-0.1, -0.05) is 11.8 Å². The molecule has 0 amide bonds. The molecule has 0 bridgehead atoms. The van der Waals surface area contributed by atoms with E-state index in [1.165, 1.54) is 4.57 Å². The van der Waals surface area contributed by atoms with Crippen LogP contribution in [0.3, 0.4) is 0 Å². The molecular weight excluding hydrogens is 228 g/mol. The first-order valence-electron chi connectivity index (χ1n) is 5.25. The Hall–Kier alpha value is -0.790. The number of hydrogen-bond donors (Lipinski definition) is 2. The number of rotatable bonds is 3. The number of H-pyrrole nitrogens is 1. The van der Waals surface area contributed by atoms with Crippen LogP contribution in [0.25, 0.3) is 0 Å². The van der Waals surface area contributed by atoms with Crippen molar-refractivity contribution in [1.29, 1.82) is 0 Å². The molecule has 7 heteroatoms. The van der Waals surface area contributed by atoms with Crippen LogP contribution < -0.4 is 11.0 Å². The Morgan fingerprint density at radius 2 is 2.50 bits per heavy atom. The number of hydrogen-bond acceptors (Lipinski definition) is 5. The highest BCUT2D eigenvalue weighted by molar-refractivity contribution is 7.99. The van der Waals surface area contributed by atoms with Crippen molar-refractivity contribution < 1.29 is 4.74 Å². The van der Waals surface area contributed by atoms with E-state index in [9.17, 15) is 4.79 Å². The van der Waals surface area contributed by atoms with Gasteiger partial charge in [-0.25, -0.2) is 9.89 Å². The summed E-state index contributed by atoms with van der Waals surface area (Å²) in [7, 11) is 3.67. The maximum Gasteiger partial charge on any atom is 0.343 e. The molecule has 90 valence electrons. The molecule has 1 fully saturated rings. The second kappa shape index (κ2) is 5.03. The van der Waals surface area contributed by atoms with Gasteiger partial charge in [-0.2, -0.15) is 0 Å². The van der Waals surface area contributed by atoms with E-state index >= 15 is 0 Å². The van der Waals surface area contributed by atoms with Crippen LogP contribution in [0.2, 0.25) is 0 Å². The molecule has 16 heavy (non-hydrogen) atoms. The van der Waals surface area contributed by atoms with Crippen LogP contribution in [0, 0.1) is 0 Å². The molecule has 2 heterocycles. The van der Waals surface area contributed by atoms with Gasteiger partial charge in [0, 0.05) is 19.7 Å². The van der Waals surface area contributed by atoms with Crippen molar-refractivity contribution in [1.82, 2.24) is 20.1 Å². The minimum absolute atomic E-state index is 0.180. The third-order valence-corrected chi connectivity index (χ3v) is 4.11. The fourth-order valence-electron chi connectivity index (χ4n) is 1.73. The van der Waals surface area contributed by atoms with Gasteiger partial charge in [0.25, 0.3) is 0 Å². The molecular formula is C9H16N4O2S. The molecule has 2 atom stereocenters. The van der Waals surface area contributed by atoms with E-state index < -0.39 is 0 Å². The van der Waals surface area contributed by atoms with E-state index in [-0.39, 0.29) is 5.69 Å². The van der Waals surface area contributed by atoms with Crippen molar-refractivity contribution in [2.45, 2.75) is 22.9 Å². The zero-order chi connectivity index (χ0) is 11.5. The van der Waals surface area contributed by atoms with Crippen LogP contribution in [0.4, 0.5) is 0 Å². The van der Waals surface area contributed by atoms with Crippen molar-refractivity contribution in [3.63, 3.8) is 0 Å². The lowest BCUT2D eigenvalue weighted by Gasteiger charge is -2.30. The highest BCUT2D eigenvalue weighted by Crippen LogP contribution is 2.26. The fourth-order valence-corrected chi connectivity index (χ4v) is 2.94. The summed E-state index contributed by atoms with van der Waals surface area (Å²) in [5.41, 5.74) is -0.180. The summed E-state index contributed by atoms with van der Waals surface area (Å²) in [6.07, 6.45) is 0.993. The molecule has 0 radical (unpaired) electrons. The molecule has 1 aliphatic heterocycles. The van der Waals surface area contributed by atoms with Crippen molar-refractivity contribution in [2.75, 3.05) is 20.3 Å². The van der Waals surface area contributed by atoms with Crippen molar-refractivity contribution in [3.8, 4) is 0 Å². The number of aromatic amines is 1. The molecule has 1 aromatic rings. The van der Waals surface area contributed by atoms with Gasteiger partial charge < -0.3 is 10.1 Å². The number of ether oxygens (including phenoxy) is 1. The van der Waals surface area contributed by atoms with E-state index in [0.29, 0.717) is 23.1 Å². The van der Waals surface area contributed by atoms with Gasteiger partial charge in [0.05, 0.1) is 11.9 Å². The SMILES string of the molecule is CNC1CCOCC1Sc1n[nH]c(=O)n1C. The first-order valence-corrected chi connectivity index (χ1v) is 6.13. The monoisotopic (exact) mass is 244 g/mol. The Bertz CT molecular complexity index is 402. The summed E-state index contributed by atoms with van der Waals surface area (Å²) in [6.45, 7) is 1.49. The Labute approximate surface area is 97.8 Å². The molecule has 1 aliphatic rings. The molecule has 6 nitrogen and oxygen atoms in total. The number of nitrogens with zero attached hydrogens (tertiary/aromatic N) is 2. The second-order valence-electron chi connectivity index (χ2n) is 3.79. The van der Waals surface area contributed by atoms with Gasteiger partial charge in [0.1, 0.15) is 0 Å². The predicted molar refractivity (Wildman–Crippen MR) is 61.8 cm³/mol. The maximum atomic E-state index is 11.2. The van der Waals surface area contributed by atoms with Gasteiger partial charge >= 0.3 is 5.69 Å². The summed E-state index contributed by atoms with van der Waals surface area (Å²) in [6, 6.07) is 0.408. The minimum atomic E-state index is -0.180. The molecule has 0 aromatic carbocycles. The van der Waals surface area contributed by atoms with Crippen LogP contribution >= 0.6 is 11.8 Å². The van der Waals surface area contributed by atoms with Gasteiger partial charge in [-0.15, -0.1) is 5.10 Å². The lowest BCUT2D eigenvalue weighted by Crippen LogP contribution is -2.43. The number of thioether (sulfide) groups is 1. The van der Waals surface area contributed by atoms with Gasteiger partial charge in [0.2, 0.25) is 0 Å². The Morgan fingerprint density at radius 3 is 3.12 bits per heavy atom. The van der Waals surface area contributed by atoms with Crippen molar-refractivity contribution in [2.24, 2.45) is 7.05 Å². The molecule has 0 saturated carbocycles. The Balaban J connectivity index is 2.08. The fraction of sp³-hybridized carbons (Fsp3) is 0.778. The topological polar surface area (TPSA) is 71.9 Å². The molecule has 1 saturated heterocycles. The van der Waals surface area contributed by atoms with Crippen molar-refractivity contribution in [3.05, 3.63) is 10.5 Å². The molecule has 0 aliphatic carbocycles. The van der Waals surface area contributed by atoms with Crippen LogP contribution in [-0.4, -0.2) is 46.3 Å². The first kappa shape index (κ1) is 11.7. The predicted octanol–water partition coefficient (Wildman–Crippen LogP) is -0.423. The summed E-state index contributed by atoms with van der Waals surface area (Å²) >= 11 is 1.58. The summed E-state index contributed by atoms with van der Waals surface area (Å²) in [5, 5.41) is 10.7. The second-order valence-corrected chi connectivity index (χ2v) is 4.99. The Kier molecular flexibility index (Phi) is 3.67. The zero-order valence-corrected chi connectivity index (χ0v) is 10.2. The lowest BCUT2D eigenvalue weighted by atomic mass is 10.1. The van der Waals surface area contributed by atoms with Gasteiger partial charge in [-0.3, -0.25) is 4.57 Å². The van der Waals surface area contributed by atoms with E-state index in [1.807, 2.05) is 7.05 Å². The van der Waals surface area contributed by atoms with Gasteiger partial charge in [0.15, 0.2) is 5.16 Å². The standard InChI is InChI=1S/C9H16N4O2S/c1-10-6-3-4-15-5-7(6)16-9-12-11-8(14)13(9)2/h6-7,10H,3-5H2,1-2H3,(H,11,14). The smallest absolute Gasteiger partial charge is 0.343 e. The highest BCUT2D eigenvalue weighted by atomic mass is 32.2. The average molecular weight is 244 g/mol. The third kappa shape index (κ3) is 2.31. The van der Waals surface area contributed by atoms with E-state index in [1.54, 1.807) is 18.8 Å². The van der Waals surface area contributed by atoms with Crippen LogP contribution in [0.1, 0.15) is 6.42 Å². The molecule has 0 spiro atoms. The van der Waals surface area contributed by atoms with E-state index in [4.69, 9.17) is 4.74 Å². The molecule has 2 N–H and O–H groups in total. The van der Waals surface area contributed by atoms with E-state index in [2.05, 4.69) is 15.5 Å². The lowest BCUT2D eigenvalue weighted by molar-refractivity contribution is 0.0849. The number of aromatic nitrogens is 3. The summed E-state index contributed by atoms with van der Waals surface area (Å²) in [5.74, 6) is 0. The van der Waals surface area contributed by atoms with Gasteiger partial charge in [-0.05, 0) is 13.5 Å². The Morgan fingerprint density at radius 1 is 1.69 bits per heavy atom. The van der Waals surface area contributed by atoms with Crippen LogP contribution in [0.15, 0.2) is 9.95 Å². The molecule has 2 rings (SSSR count). The molecule has 2 unspecified atom stereocenters. The summed E-state index contributed by atoms with van der Waals surface area (Å²) < 4.78 is 6.97. The van der Waals surface area contributed by atoms with Crippen molar-refractivity contribution >= 4 is 11.8 Å². The summed E-state index contributed by atoms with van der Waals surface area (Å²) in [4.78, 5) is 11.2. The van der Waals surface area contributed by atoms with E-state index in [0.717, 1.165) is 13.0 Å². The zero-order valence-electron chi connectivity index (χ0n) is 9.40. The third-order valence-electron chi connectivity index (χ3n) is 2.77. The first-order chi connectivity index (χ1) is 7.72. The average Bonchev–Trinajstić information content (AvgIpc) is 2.62. The van der Waals surface area contributed by atoms with Crippen LogP contribution in [0.5, 0.6) is 0 Å². The normalized spacial score (nSPS) is 25.9. The largest absolute Gasteiger partial charge is 0.380 e. The quantitative estimate of drug-likeness (QED) is 0.755. The highest BCUT2D eigenvalue weighted by Gasteiger charge is 2.26. The van der Waals surface area contributed by atoms with Crippen LogP contribution in [-0.2, 0) is 11.8 Å².